The molecule has 0 saturated carbocycles. The number of unbranched alkanes of at least 4 members (excludes halogenated alkanes) is 3. The monoisotopic (exact) mass is 259 g/mol. The highest BCUT2D eigenvalue weighted by Crippen LogP contribution is 2.28. The first-order chi connectivity index (χ1) is 7.65. The lowest BCUT2D eigenvalue weighted by Crippen LogP contribution is -1.95. The zero-order valence-electron chi connectivity index (χ0n) is 9.51. The molecule has 16 heavy (non-hydrogen) atoms. The lowest BCUT2D eigenvalue weighted by molar-refractivity contribution is 0.0786. The summed E-state index contributed by atoms with van der Waals surface area (Å²) in [5.74, 6) is 0. The second-order valence-corrected chi connectivity index (χ2v) is 4.83. The summed E-state index contributed by atoms with van der Waals surface area (Å²) in [5, 5.41) is 12.8. The van der Waals surface area contributed by atoms with Gasteiger partial charge in [0.05, 0.1) is 10.0 Å². The quantitative estimate of drug-likeness (QED) is 0.607. The topological polar surface area (TPSA) is 19.9 Å². The summed E-state index contributed by atoms with van der Waals surface area (Å²) in [5.41, 5.74) is 0.742. The molecule has 0 aromatic heterocycles. The van der Waals surface area contributed by atoms with E-state index in [4.69, 9.17) is 23.2 Å². The number of benzene rings is 1. The van der Waals surface area contributed by atoms with E-state index in [9.17, 15) is 5.11 Å². The van der Waals surface area contributed by atoms with Crippen molar-refractivity contribution < 1.29 is 5.11 Å². The first kappa shape index (κ1) is 13.8. The van der Waals surface area contributed by atoms with E-state index in [1.165, 1.54) is 12.8 Å². The molecule has 1 atom stereocenters. The van der Waals surface area contributed by atoms with Gasteiger partial charge in [-0.3, -0.25) is 0 Å². The van der Waals surface area contributed by atoms with E-state index < -0.39 is 6.10 Å². The summed E-state index contributed by atoms with van der Waals surface area (Å²) in [6, 6.07) is 5.14. The smallest absolute Gasteiger partial charge is 0.118 e. The summed E-state index contributed by atoms with van der Waals surface area (Å²) < 4.78 is 0. The van der Waals surface area contributed by atoms with Crippen LogP contribution in [-0.4, -0.2) is 0 Å². The maximum Gasteiger partial charge on any atom is 0.118 e. The Kier molecular flexibility index (Phi) is 6.18. The molecular weight excluding hydrogens is 243 g/mol. The molecule has 1 radical (unpaired) electrons. The van der Waals surface area contributed by atoms with Crippen LogP contribution in [0, 0.1) is 0 Å². The van der Waals surface area contributed by atoms with Crippen LogP contribution in [0.2, 0.25) is 10.0 Å². The minimum absolute atomic E-state index is 0.466. The Labute approximate surface area is 107 Å². The molecule has 3 heteroatoms. The Bertz CT molecular complexity index is 326. The van der Waals surface area contributed by atoms with E-state index in [0.717, 1.165) is 18.4 Å². The Hall–Kier alpha value is -0.240. The molecule has 0 aliphatic heterocycles. The Morgan fingerprint density at radius 1 is 1.12 bits per heavy atom. The number of rotatable bonds is 6. The van der Waals surface area contributed by atoms with Crippen LogP contribution < -0.4 is 0 Å². The minimum atomic E-state index is -0.674. The standard InChI is InChI=1S/C13H17Cl2O/c1-2-3-4-5-6-13(16)10-7-8-11(14)12(15)9-10/h7-9,13H,2-6H2,1H3. The molecule has 0 N–H and O–H groups in total. The third kappa shape index (κ3) is 4.32. The molecule has 0 fully saturated rings. The molecule has 1 aromatic rings. The van der Waals surface area contributed by atoms with Gasteiger partial charge in [-0.1, -0.05) is 61.9 Å². The van der Waals surface area contributed by atoms with Crippen LogP contribution in [0.5, 0.6) is 0 Å². The molecule has 0 bridgehead atoms. The van der Waals surface area contributed by atoms with Gasteiger partial charge in [0.15, 0.2) is 0 Å². The van der Waals surface area contributed by atoms with Crippen molar-refractivity contribution in [2.45, 2.75) is 45.1 Å². The van der Waals surface area contributed by atoms with Gasteiger partial charge in [-0.25, -0.2) is 5.11 Å². The van der Waals surface area contributed by atoms with Crippen LogP contribution in [0.1, 0.15) is 50.7 Å². The van der Waals surface area contributed by atoms with E-state index in [-0.39, 0.29) is 0 Å². The molecule has 1 unspecified atom stereocenters. The fourth-order valence-electron chi connectivity index (χ4n) is 1.64. The third-order valence-corrected chi connectivity index (χ3v) is 3.37. The molecule has 0 heterocycles. The Morgan fingerprint density at radius 2 is 1.88 bits per heavy atom. The molecule has 0 aliphatic carbocycles. The number of hydrogen-bond donors (Lipinski definition) is 0. The minimum Gasteiger partial charge on any atom is -0.228 e. The van der Waals surface area contributed by atoms with Gasteiger partial charge in [0.25, 0.3) is 0 Å². The van der Waals surface area contributed by atoms with Crippen molar-refractivity contribution in [2.75, 3.05) is 0 Å². The van der Waals surface area contributed by atoms with E-state index in [1.807, 2.05) is 0 Å². The fourth-order valence-corrected chi connectivity index (χ4v) is 1.94. The van der Waals surface area contributed by atoms with Crippen molar-refractivity contribution in [2.24, 2.45) is 0 Å². The van der Waals surface area contributed by atoms with Crippen molar-refractivity contribution >= 4 is 23.2 Å². The summed E-state index contributed by atoms with van der Waals surface area (Å²) in [4.78, 5) is 0. The molecule has 0 amide bonds. The highest BCUT2D eigenvalue weighted by Gasteiger charge is 2.10. The van der Waals surface area contributed by atoms with Gasteiger partial charge < -0.3 is 0 Å². The normalized spacial score (nSPS) is 12.8. The second kappa shape index (κ2) is 7.16. The van der Waals surface area contributed by atoms with E-state index in [2.05, 4.69) is 6.92 Å². The van der Waals surface area contributed by atoms with E-state index in [1.54, 1.807) is 18.2 Å². The Balaban J connectivity index is 2.46. The molecule has 0 saturated heterocycles. The van der Waals surface area contributed by atoms with Crippen molar-refractivity contribution in [3.05, 3.63) is 33.8 Å². The molecule has 89 valence electrons. The predicted octanol–water partition coefficient (Wildman–Crippen LogP) is 5.44. The van der Waals surface area contributed by atoms with Gasteiger partial charge in [-0.05, 0) is 24.1 Å². The highest BCUT2D eigenvalue weighted by molar-refractivity contribution is 6.42. The summed E-state index contributed by atoms with van der Waals surface area (Å²) in [6.45, 7) is 2.16. The second-order valence-electron chi connectivity index (χ2n) is 4.01. The number of halogens is 2. The number of hydrogen-bond acceptors (Lipinski definition) is 0. The molecular formula is C13H17Cl2O. The van der Waals surface area contributed by atoms with E-state index in [0.29, 0.717) is 16.5 Å². The summed E-state index contributed by atoms with van der Waals surface area (Å²) in [6.07, 6.45) is 4.52. The molecule has 1 nitrogen and oxygen atoms in total. The molecule has 0 spiro atoms. The van der Waals surface area contributed by atoms with Gasteiger partial charge in [0.1, 0.15) is 6.10 Å². The van der Waals surface area contributed by atoms with Crippen molar-refractivity contribution in [3.63, 3.8) is 0 Å². The molecule has 0 aliphatic rings. The van der Waals surface area contributed by atoms with Crippen molar-refractivity contribution in [1.82, 2.24) is 0 Å². The van der Waals surface area contributed by atoms with Gasteiger partial charge in [-0.2, -0.15) is 0 Å². The third-order valence-electron chi connectivity index (χ3n) is 2.64. The van der Waals surface area contributed by atoms with Crippen LogP contribution >= 0.6 is 23.2 Å². The van der Waals surface area contributed by atoms with Crippen LogP contribution in [0.4, 0.5) is 0 Å². The van der Waals surface area contributed by atoms with Crippen molar-refractivity contribution in [3.8, 4) is 0 Å². The SMILES string of the molecule is CCCCCCC([O])c1ccc(Cl)c(Cl)c1. The average Bonchev–Trinajstić information content (AvgIpc) is 2.28. The van der Waals surface area contributed by atoms with E-state index >= 15 is 0 Å². The first-order valence-corrected chi connectivity index (χ1v) is 6.51. The van der Waals surface area contributed by atoms with Crippen molar-refractivity contribution in [1.29, 1.82) is 0 Å². The largest absolute Gasteiger partial charge is 0.228 e. The predicted molar refractivity (Wildman–Crippen MR) is 68.6 cm³/mol. The fraction of sp³-hybridized carbons (Fsp3) is 0.538. The Morgan fingerprint density at radius 3 is 2.50 bits per heavy atom. The maximum absolute atomic E-state index is 11.9. The molecule has 1 aromatic carbocycles. The highest BCUT2D eigenvalue weighted by atomic mass is 35.5. The van der Waals surface area contributed by atoms with Gasteiger partial charge in [-0.15, -0.1) is 0 Å². The molecule has 1 rings (SSSR count). The van der Waals surface area contributed by atoms with Crippen LogP contribution in [0.15, 0.2) is 18.2 Å². The average molecular weight is 260 g/mol. The maximum atomic E-state index is 11.9. The zero-order valence-corrected chi connectivity index (χ0v) is 11.0. The zero-order chi connectivity index (χ0) is 12.0. The van der Waals surface area contributed by atoms with Crippen LogP contribution in [0.25, 0.3) is 0 Å². The lowest BCUT2D eigenvalue weighted by atomic mass is 10.0. The summed E-state index contributed by atoms with van der Waals surface area (Å²) in [7, 11) is 0. The first-order valence-electron chi connectivity index (χ1n) is 5.76. The van der Waals surface area contributed by atoms with Crippen LogP contribution in [-0.2, 0) is 5.11 Å². The lowest BCUT2D eigenvalue weighted by Gasteiger charge is -2.09. The van der Waals surface area contributed by atoms with Gasteiger partial charge in [0.2, 0.25) is 0 Å². The van der Waals surface area contributed by atoms with Crippen LogP contribution in [0.3, 0.4) is 0 Å². The summed E-state index contributed by atoms with van der Waals surface area (Å²) >= 11 is 11.7. The van der Waals surface area contributed by atoms with Gasteiger partial charge >= 0.3 is 0 Å². The van der Waals surface area contributed by atoms with Gasteiger partial charge in [0, 0.05) is 0 Å².